The van der Waals surface area contributed by atoms with Gasteiger partial charge in [0.1, 0.15) is 13.2 Å². The Morgan fingerprint density at radius 2 is 1.15 bits per heavy atom. The Bertz CT molecular complexity index is 1780. The summed E-state index contributed by atoms with van der Waals surface area (Å²) in [5, 5.41) is 0. The summed E-state index contributed by atoms with van der Waals surface area (Å²) in [6.45, 7) is 5.76. The van der Waals surface area contributed by atoms with Gasteiger partial charge in [-0.2, -0.15) is 0 Å². The Labute approximate surface area is 280 Å². The van der Waals surface area contributed by atoms with Gasteiger partial charge in [0.05, 0.1) is 48.8 Å². The van der Waals surface area contributed by atoms with Crippen LogP contribution in [-0.4, -0.2) is 73.4 Å². The normalized spacial score (nSPS) is 21.1. The number of rotatable bonds is 8. The van der Waals surface area contributed by atoms with Gasteiger partial charge in [-0.1, -0.05) is 41.5 Å². The zero-order chi connectivity index (χ0) is 33.4. The minimum Gasteiger partial charge on any atom is -0.493 e. The molecule has 2 atom stereocenters. The Morgan fingerprint density at radius 3 is 1.56 bits per heavy atom. The number of ether oxygens (including phenoxy) is 4. The van der Waals surface area contributed by atoms with Gasteiger partial charge in [0.15, 0.2) is 23.0 Å². The number of benzene rings is 3. The number of amides is 2. The lowest BCUT2D eigenvalue weighted by Gasteiger charge is -2.20. The van der Waals surface area contributed by atoms with Crippen molar-refractivity contribution in [2.45, 2.75) is 52.0 Å². The van der Waals surface area contributed by atoms with Gasteiger partial charge >= 0.3 is 0 Å². The molecule has 10 heteroatoms. The molecule has 0 radical (unpaired) electrons. The molecule has 4 heterocycles. The maximum absolute atomic E-state index is 13.4. The fourth-order valence-corrected chi connectivity index (χ4v) is 6.66. The van der Waals surface area contributed by atoms with Gasteiger partial charge in [-0.25, -0.2) is 0 Å². The average Bonchev–Trinajstić information content (AvgIpc) is 3.68. The lowest BCUT2D eigenvalue weighted by molar-refractivity contribution is 0.0769. The van der Waals surface area contributed by atoms with E-state index in [1.807, 2.05) is 60.3 Å². The molecule has 0 N–H and O–H groups in total. The molecule has 0 spiro atoms. The largest absolute Gasteiger partial charge is 0.493 e. The molecule has 7 rings (SSSR count). The van der Waals surface area contributed by atoms with Gasteiger partial charge in [-0.15, -0.1) is 0 Å². The zero-order valence-electron chi connectivity index (χ0n) is 27.6. The summed E-state index contributed by atoms with van der Waals surface area (Å²) >= 11 is 0. The van der Waals surface area contributed by atoms with Crippen molar-refractivity contribution >= 4 is 35.6 Å². The molecule has 3 aromatic rings. The van der Waals surface area contributed by atoms with Gasteiger partial charge in [0.2, 0.25) is 0 Å². The van der Waals surface area contributed by atoms with Crippen molar-refractivity contribution in [3.05, 3.63) is 94.1 Å². The van der Waals surface area contributed by atoms with Crippen molar-refractivity contribution in [3.63, 3.8) is 0 Å². The molecule has 0 unspecified atom stereocenters. The van der Waals surface area contributed by atoms with E-state index >= 15 is 0 Å². The lowest BCUT2D eigenvalue weighted by atomic mass is 10.1. The highest BCUT2D eigenvalue weighted by molar-refractivity contribution is 6.04. The van der Waals surface area contributed by atoms with Crippen molar-refractivity contribution in [1.82, 2.24) is 9.80 Å². The Hall–Kier alpha value is -5.38. The first-order valence-electron chi connectivity index (χ1n) is 16.1. The van der Waals surface area contributed by atoms with Gasteiger partial charge in [-0.05, 0) is 56.0 Å². The van der Waals surface area contributed by atoms with E-state index in [0.29, 0.717) is 58.6 Å². The van der Waals surface area contributed by atoms with E-state index in [0.717, 1.165) is 24.0 Å². The van der Waals surface area contributed by atoms with Gasteiger partial charge in [0.25, 0.3) is 11.8 Å². The molecule has 4 aliphatic rings. The number of nitrogens with zero attached hydrogens (tertiary/aromatic N) is 4. The minimum atomic E-state index is -0.0604. The number of hydrogen-bond acceptors (Lipinski definition) is 8. The Kier molecular flexibility index (Phi) is 8.47. The second-order valence-corrected chi connectivity index (χ2v) is 12.3. The van der Waals surface area contributed by atoms with E-state index in [-0.39, 0.29) is 37.1 Å². The summed E-state index contributed by atoms with van der Waals surface area (Å²) in [4.78, 5) is 39.9. The topological polar surface area (TPSA) is 102 Å². The van der Waals surface area contributed by atoms with Crippen LogP contribution in [0.5, 0.6) is 23.0 Å². The van der Waals surface area contributed by atoms with Crippen LogP contribution >= 0.6 is 0 Å². The smallest absolute Gasteiger partial charge is 0.257 e. The number of methoxy groups -OCH3 is 2. The van der Waals surface area contributed by atoms with Crippen LogP contribution in [0.4, 0.5) is 11.4 Å². The molecule has 2 fully saturated rings. The van der Waals surface area contributed by atoms with Crippen molar-refractivity contribution in [3.8, 4) is 23.0 Å². The molecule has 246 valence electrons. The van der Waals surface area contributed by atoms with Crippen LogP contribution < -0.4 is 18.9 Å². The van der Waals surface area contributed by atoms with Crippen molar-refractivity contribution in [2.24, 2.45) is 9.98 Å². The fourth-order valence-electron chi connectivity index (χ4n) is 6.66. The second kappa shape index (κ2) is 13.0. The maximum atomic E-state index is 13.4. The van der Waals surface area contributed by atoms with E-state index in [1.165, 1.54) is 11.1 Å². The second-order valence-electron chi connectivity index (χ2n) is 12.3. The molecule has 0 aromatic heterocycles. The number of carbonyl (C=O) groups is 2. The number of carbonyl (C=O) groups excluding carboxylic acids is 2. The van der Waals surface area contributed by atoms with Gasteiger partial charge in [-0.3, -0.25) is 19.6 Å². The van der Waals surface area contributed by atoms with E-state index in [4.69, 9.17) is 18.9 Å². The summed E-state index contributed by atoms with van der Waals surface area (Å²) in [7, 11) is 3.13. The van der Waals surface area contributed by atoms with Crippen molar-refractivity contribution < 1.29 is 28.5 Å². The van der Waals surface area contributed by atoms with Gasteiger partial charge < -0.3 is 28.7 Å². The van der Waals surface area contributed by atoms with Crippen LogP contribution in [0.2, 0.25) is 0 Å². The summed E-state index contributed by atoms with van der Waals surface area (Å²) in [6, 6.07) is 14.8. The number of fused-ring (bicyclic) bond motifs is 4. The third kappa shape index (κ3) is 5.83. The zero-order valence-corrected chi connectivity index (χ0v) is 27.6. The summed E-state index contributed by atoms with van der Waals surface area (Å²) in [5.74, 6) is 1.83. The minimum absolute atomic E-state index is 0.0538. The molecule has 2 amide bonds. The number of allylic oxidation sites excluding steroid dienone is 2. The lowest BCUT2D eigenvalue weighted by Crippen LogP contribution is -2.35. The molecular formula is C38H38N4O6. The molecule has 2 saturated heterocycles. The van der Waals surface area contributed by atoms with Crippen LogP contribution in [0, 0.1) is 0 Å². The van der Waals surface area contributed by atoms with Crippen molar-refractivity contribution in [1.29, 1.82) is 0 Å². The predicted octanol–water partition coefficient (Wildman–Crippen LogP) is 6.62. The van der Waals surface area contributed by atoms with Crippen LogP contribution in [0.25, 0.3) is 0 Å². The molecule has 48 heavy (non-hydrogen) atoms. The Morgan fingerprint density at radius 1 is 0.688 bits per heavy atom. The summed E-state index contributed by atoms with van der Waals surface area (Å²) in [5.41, 5.74) is 6.46. The molecular weight excluding hydrogens is 608 g/mol. The van der Waals surface area contributed by atoms with Gasteiger partial charge in [0, 0.05) is 37.7 Å². The van der Waals surface area contributed by atoms with E-state index in [2.05, 4.69) is 22.1 Å². The SMILES string of the molecule is C/C=C1\C[C@H]2C=Nc3cc(OCc4cccc(COc5cc6c(cc5OC)C(=O)N5C/C(=C/C)C[C@H]5C=N6)c4)c(OC)cc3C(=O)N2C1. The summed E-state index contributed by atoms with van der Waals surface area (Å²) < 4.78 is 23.7. The monoisotopic (exact) mass is 646 g/mol. The highest BCUT2D eigenvalue weighted by atomic mass is 16.5. The molecule has 10 nitrogen and oxygen atoms in total. The van der Waals surface area contributed by atoms with Crippen LogP contribution in [-0.2, 0) is 13.2 Å². The summed E-state index contributed by atoms with van der Waals surface area (Å²) in [6.07, 6.45) is 9.44. The fraction of sp³-hybridized carbons (Fsp3) is 0.316. The quantitative estimate of drug-likeness (QED) is 0.255. The van der Waals surface area contributed by atoms with Crippen LogP contribution in [0.3, 0.4) is 0 Å². The first-order valence-corrected chi connectivity index (χ1v) is 16.1. The van der Waals surface area contributed by atoms with E-state index in [9.17, 15) is 9.59 Å². The molecule has 3 aromatic carbocycles. The highest BCUT2D eigenvalue weighted by Crippen LogP contribution is 2.40. The average molecular weight is 647 g/mol. The van der Waals surface area contributed by atoms with E-state index in [1.54, 1.807) is 38.5 Å². The predicted molar refractivity (Wildman–Crippen MR) is 184 cm³/mol. The standard InChI is InChI=1S/C38H38N4O6/c1-5-23-11-27-17-39-31-15-35(33(45-3)13-29(31)37(43)41(27)19-23)47-21-25-8-7-9-26(10-25)22-48-36-16-32-30(14-34(36)46-4)38(44)42-20-24(6-2)12-28(42)18-40-32/h5-10,13-18,27-28H,11-12,19-22H2,1-4H3/b23-5+,24-6+/t27-,28-/m0/s1. The maximum Gasteiger partial charge on any atom is 0.257 e. The first-order chi connectivity index (χ1) is 23.4. The third-order valence-electron chi connectivity index (χ3n) is 9.40. The number of hydrogen-bond donors (Lipinski definition) is 0. The first kappa shape index (κ1) is 31.2. The third-order valence-corrected chi connectivity index (χ3v) is 9.40. The highest BCUT2D eigenvalue weighted by Gasteiger charge is 2.36. The molecule has 0 saturated carbocycles. The van der Waals surface area contributed by atoms with Crippen LogP contribution in [0.1, 0.15) is 58.5 Å². The molecule has 0 bridgehead atoms. The van der Waals surface area contributed by atoms with E-state index < -0.39 is 0 Å². The van der Waals surface area contributed by atoms with Crippen LogP contribution in [0.15, 0.2) is 81.8 Å². The molecule has 0 aliphatic carbocycles. The van der Waals surface area contributed by atoms with Crippen molar-refractivity contribution in [2.75, 3.05) is 27.3 Å². The number of aliphatic imine (C=N–C) groups is 2. The molecule has 4 aliphatic heterocycles. The Balaban J connectivity index is 1.05.